The van der Waals surface area contributed by atoms with Crippen molar-refractivity contribution in [3.63, 3.8) is 0 Å². The lowest BCUT2D eigenvalue weighted by Crippen LogP contribution is -2.66. The highest BCUT2D eigenvalue weighted by Gasteiger charge is 2.70. The van der Waals surface area contributed by atoms with Gasteiger partial charge in [0.1, 0.15) is 0 Å². The third-order valence-corrected chi connectivity index (χ3v) is 15.6. The Morgan fingerprint density at radius 2 is 1.57 bits per heavy atom. The molecular weight excluding hydrogens is 636 g/mol. The van der Waals surface area contributed by atoms with E-state index >= 15 is 0 Å². The van der Waals surface area contributed by atoms with Crippen LogP contribution in [0.1, 0.15) is 135 Å². The fraction of sp³-hybridized carbons (Fsp3) is 0.705. The van der Waals surface area contributed by atoms with Gasteiger partial charge in [-0.05, 0) is 140 Å². The number of nitrogens with zero attached hydrogens (tertiary/aromatic N) is 1. The van der Waals surface area contributed by atoms with Gasteiger partial charge < -0.3 is 20.4 Å². The second-order valence-electron chi connectivity index (χ2n) is 18.0. The van der Waals surface area contributed by atoms with Crippen LogP contribution in [0.4, 0.5) is 0 Å². The number of nitrogens with one attached hydrogen (secondary N) is 1. The molecule has 51 heavy (non-hydrogen) atoms. The van der Waals surface area contributed by atoms with E-state index in [0.29, 0.717) is 48.9 Å². The van der Waals surface area contributed by atoms with E-state index in [2.05, 4.69) is 57.5 Å². The van der Waals surface area contributed by atoms with Crippen LogP contribution in [0.15, 0.2) is 43.0 Å². The van der Waals surface area contributed by atoms with Crippen LogP contribution in [0.25, 0.3) is 5.57 Å². The number of fused-ring (bicyclic) bond motifs is 7. The van der Waals surface area contributed by atoms with Crippen LogP contribution in [0, 0.1) is 50.7 Å². The molecule has 7 nitrogen and oxygen atoms in total. The number of hydrogen-bond donors (Lipinski definition) is 3. The molecule has 0 saturated heterocycles. The average Bonchev–Trinajstić information content (AvgIpc) is 3.52. The smallest absolute Gasteiger partial charge is 0.335 e. The normalized spacial score (nSPS) is 36.2. The molecule has 5 aliphatic rings. The van der Waals surface area contributed by atoms with Gasteiger partial charge in [-0.3, -0.25) is 9.59 Å². The van der Waals surface area contributed by atoms with Crippen molar-refractivity contribution in [2.24, 2.45) is 50.7 Å². The summed E-state index contributed by atoms with van der Waals surface area (Å²) in [6, 6.07) is 7.50. The first-order valence-corrected chi connectivity index (χ1v) is 19.9. The number of carboxylic acid groups (broad SMARTS) is 2. The molecule has 7 unspecified atom stereocenters. The summed E-state index contributed by atoms with van der Waals surface area (Å²) in [5, 5.41) is 21.9. The molecule has 3 N–H and O–H groups in total. The lowest BCUT2D eigenvalue weighted by Gasteiger charge is -2.72. The maximum atomic E-state index is 14.1. The molecule has 0 heterocycles. The number of amides is 1. The number of allylic oxidation sites excluding steroid dienone is 3. The van der Waals surface area contributed by atoms with E-state index in [1.54, 1.807) is 18.2 Å². The molecule has 7 heteroatoms. The average molecular weight is 703 g/mol. The van der Waals surface area contributed by atoms with Crippen LogP contribution in [0.5, 0.6) is 0 Å². The van der Waals surface area contributed by atoms with E-state index in [4.69, 9.17) is 5.11 Å². The van der Waals surface area contributed by atoms with Crippen LogP contribution in [0.3, 0.4) is 0 Å². The molecule has 4 saturated carbocycles. The van der Waals surface area contributed by atoms with E-state index in [0.717, 1.165) is 50.6 Å². The van der Waals surface area contributed by atoms with Crippen molar-refractivity contribution in [2.75, 3.05) is 26.2 Å². The predicted octanol–water partition coefficient (Wildman–Crippen LogP) is 9.34. The summed E-state index contributed by atoms with van der Waals surface area (Å²) in [6.07, 6.45) is 15.7. The van der Waals surface area contributed by atoms with Crippen LogP contribution < -0.4 is 5.32 Å². The first-order valence-electron chi connectivity index (χ1n) is 19.9. The number of hydrogen-bond acceptors (Lipinski definition) is 4. The first kappa shape index (κ1) is 39.3. The molecule has 0 radical (unpaired) electrons. The molecule has 5 aliphatic carbocycles. The van der Waals surface area contributed by atoms with Gasteiger partial charge in [0.15, 0.2) is 0 Å². The van der Waals surface area contributed by atoms with Gasteiger partial charge in [0.25, 0.3) is 0 Å². The molecule has 1 aromatic rings. The van der Waals surface area contributed by atoms with Crippen LogP contribution in [-0.2, 0) is 9.59 Å². The first-order chi connectivity index (χ1) is 24.1. The molecule has 0 aromatic heterocycles. The Kier molecular flexibility index (Phi) is 11.4. The Labute approximate surface area is 307 Å². The molecular formula is C44H66N2O5. The maximum Gasteiger partial charge on any atom is 0.335 e. The third kappa shape index (κ3) is 6.63. The van der Waals surface area contributed by atoms with Gasteiger partial charge in [0.2, 0.25) is 5.91 Å². The largest absolute Gasteiger partial charge is 0.481 e. The second kappa shape index (κ2) is 14.8. The highest BCUT2D eigenvalue weighted by atomic mass is 16.4. The van der Waals surface area contributed by atoms with E-state index in [9.17, 15) is 19.5 Å². The Morgan fingerprint density at radius 3 is 2.20 bits per heavy atom. The summed E-state index contributed by atoms with van der Waals surface area (Å²) in [5.74, 6) is 0.793. The molecule has 8 atom stereocenters. The molecule has 0 aliphatic heterocycles. The van der Waals surface area contributed by atoms with Crippen molar-refractivity contribution in [1.29, 1.82) is 0 Å². The molecule has 4 fully saturated rings. The van der Waals surface area contributed by atoms with Gasteiger partial charge in [-0.15, -0.1) is 6.58 Å². The fourth-order valence-electron chi connectivity index (χ4n) is 13.0. The van der Waals surface area contributed by atoms with Crippen LogP contribution in [-0.4, -0.2) is 59.1 Å². The molecule has 0 bridgehead atoms. The van der Waals surface area contributed by atoms with Gasteiger partial charge in [-0.2, -0.15) is 0 Å². The monoisotopic (exact) mass is 702 g/mol. The number of aliphatic carboxylic acids is 1. The zero-order valence-corrected chi connectivity index (χ0v) is 32.7. The van der Waals surface area contributed by atoms with Gasteiger partial charge in [0, 0.05) is 19.6 Å². The SMILES string of the molecule is C=CC.CCN(CCNC(=O)C12CCCC1C1CCC3C4(C)CC=C(c5ccc(C(=O)O)cc5)C(C)(C)C4CCC3(C)[C@]1(C)CC2)CCC(=O)O. The zero-order valence-electron chi connectivity index (χ0n) is 32.7. The molecule has 0 spiro atoms. The predicted molar refractivity (Wildman–Crippen MR) is 205 cm³/mol. The fourth-order valence-corrected chi connectivity index (χ4v) is 13.0. The molecule has 282 valence electrons. The van der Waals surface area contributed by atoms with E-state index < -0.39 is 11.9 Å². The van der Waals surface area contributed by atoms with Crippen molar-refractivity contribution < 1.29 is 24.6 Å². The van der Waals surface area contributed by atoms with Crippen molar-refractivity contribution in [3.05, 3.63) is 54.1 Å². The summed E-state index contributed by atoms with van der Waals surface area (Å²) in [7, 11) is 0. The highest BCUT2D eigenvalue weighted by molar-refractivity contribution is 5.88. The summed E-state index contributed by atoms with van der Waals surface area (Å²) in [4.78, 5) is 38.8. The van der Waals surface area contributed by atoms with Crippen LogP contribution >= 0.6 is 0 Å². The van der Waals surface area contributed by atoms with Gasteiger partial charge in [-0.25, -0.2) is 4.79 Å². The Morgan fingerprint density at radius 1 is 0.882 bits per heavy atom. The van der Waals surface area contributed by atoms with E-state index in [1.807, 2.05) is 26.0 Å². The number of rotatable bonds is 10. The maximum absolute atomic E-state index is 14.1. The minimum atomic E-state index is -0.881. The minimum absolute atomic E-state index is 0.0108. The van der Waals surface area contributed by atoms with Gasteiger partial charge >= 0.3 is 11.9 Å². The van der Waals surface area contributed by atoms with Crippen molar-refractivity contribution in [2.45, 2.75) is 119 Å². The molecule has 1 aromatic carbocycles. The number of carbonyl (C=O) groups is 3. The van der Waals surface area contributed by atoms with Crippen LogP contribution in [0.2, 0.25) is 0 Å². The third-order valence-electron chi connectivity index (χ3n) is 15.6. The van der Waals surface area contributed by atoms with E-state index in [1.165, 1.54) is 31.3 Å². The number of benzene rings is 1. The summed E-state index contributed by atoms with van der Waals surface area (Å²) >= 11 is 0. The second-order valence-corrected chi connectivity index (χ2v) is 18.0. The number of aromatic carboxylic acids is 1. The lowest BCUT2D eigenvalue weighted by atomic mass is 9.32. The molecule has 6 rings (SSSR count). The quantitative estimate of drug-likeness (QED) is 0.210. The lowest BCUT2D eigenvalue weighted by molar-refractivity contribution is -0.222. The summed E-state index contributed by atoms with van der Waals surface area (Å²) in [6.45, 7) is 22.6. The van der Waals surface area contributed by atoms with Crippen molar-refractivity contribution >= 4 is 23.4 Å². The van der Waals surface area contributed by atoms with E-state index in [-0.39, 0.29) is 39.4 Å². The highest BCUT2D eigenvalue weighted by Crippen LogP contribution is 2.77. The Bertz CT molecular complexity index is 1500. The standard InChI is InChI=1S/C41H60N2O5.C3H6/c1-7-43(25-18-34(44)45)26-24-42-36(48)41-19-8-9-31(41)30-14-15-33-38(4)20-16-29(27-10-12-28(13-11-27)35(46)47)37(2,3)32(38)17-21-40(33,6)39(30,5)22-23-41;1-3-2/h10-13,16,30-33H,7-9,14-15,17-26H2,1-6H3,(H,42,48)(H,44,45)(H,46,47);3H,1H2,2H3/t30?,31?,32?,33?,38?,39-,40?,41?;/m1./s1. The Balaban J connectivity index is 0.00000162. The number of carbonyl (C=O) groups excluding carboxylic acids is 1. The van der Waals surface area contributed by atoms with Crippen molar-refractivity contribution in [3.8, 4) is 0 Å². The van der Waals surface area contributed by atoms with Gasteiger partial charge in [-0.1, -0.05) is 72.2 Å². The van der Waals surface area contributed by atoms with Gasteiger partial charge in [0.05, 0.1) is 17.4 Å². The number of carboxylic acids is 2. The number of likely N-dealkylation sites (N-methyl/N-ethyl adjacent to an activating group) is 1. The van der Waals surface area contributed by atoms with Crippen molar-refractivity contribution in [1.82, 2.24) is 10.2 Å². The zero-order chi connectivity index (χ0) is 37.4. The molecule has 1 amide bonds. The summed E-state index contributed by atoms with van der Waals surface area (Å²) in [5.41, 5.74) is 3.22. The summed E-state index contributed by atoms with van der Waals surface area (Å²) < 4.78 is 0. The topological polar surface area (TPSA) is 107 Å². The Hall–Kier alpha value is -2.93. The minimum Gasteiger partial charge on any atom is -0.481 e.